The van der Waals surface area contributed by atoms with Crippen molar-refractivity contribution in [1.29, 1.82) is 0 Å². The Kier molecular flexibility index (Phi) is 6.52. The number of hydrogen-bond donors (Lipinski definition) is 2. The lowest BCUT2D eigenvalue weighted by Gasteiger charge is -2.14. The average Bonchev–Trinajstić information content (AvgIpc) is 2.44. The van der Waals surface area contributed by atoms with Crippen LogP contribution >= 0.6 is 0 Å². The molecule has 0 bridgehead atoms. The summed E-state index contributed by atoms with van der Waals surface area (Å²) in [6, 6.07) is 3.61. The highest BCUT2D eigenvalue weighted by molar-refractivity contribution is 5.82. The third-order valence-corrected chi connectivity index (χ3v) is 2.30. The quantitative estimate of drug-likeness (QED) is 0.418. The number of nitrogens with one attached hydrogen (secondary N) is 1. The molecule has 1 rings (SSSR count). The summed E-state index contributed by atoms with van der Waals surface area (Å²) in [4.78, 5) is 0. The van der Waals surface area contributed by atoms with Crippen LogP contribution in [0.4, 0.5) is 0 Å². The third kappa shape index (κ3) is 4.33. The van der Waals surface area contributed by atoms with Crippen molar-refractivity contribution in [3.8, 4) is 17.2 Å². The molecule has 0 atom stereocenters. The van der Waals surface area contributed by atoms with Crippen molar-refractivity contribution in [1.82, 2.24) is 5.43 Å². The Labute approximate surface area is 113 Å². The van der Waals surface area contributed by atoms with E-state index in [4.69, 9.17) is 19.3 Å². The van der Waals surface area contributed by atoms with Gasteiger partial charge in [0, 0.05) is 5.56 Å². The Morgan fingerprint density at radius 1 is 1.26 bits per heavy atom. The summed E-state index contributed by atoms with van der Waals surface area (Å²) in [6.07, 6.45) is 1.62. The molecular formula is C13H20N2O4. The molecule has 6 heteroatoms. The van der Waals surface area contributed by atoms with Crippen LogP contribution in [0, 0.1) is 0 Å². The van der Waals surface area contributed by atoms with E-state index in [1.54, 1.807) is 32.6 Å². The monoisotopic (exact) mass is 268 g/mol. The van der Waals surface area contributed by atoms with Crippen molar-refractivity contribution in [2.24, 2.45) is 5.10 Å². The number of aliphatic hydroxyl groups excluding tert-OH is 1. The van der Waals surface area contributed by atoms with Gasteiger partial charge in [0.05, 0.1) is 40.2 Å². The Morgan fingerprint density at radius 2 is 1.89 bits per heavy atom. The van der Waals surface area contributed by atoms with Gasteiger partial charge in [-0.25, -0.2) is 0 Å². The van der Waals surface area contributed by atoms with Gasteiger partial charge in [0.15, 0.2) is 11.5 Å². The fraction of sp³-hybridized carbons (Fsp3) is 0.462. The molecule has 0 saturated heterocycles. The fourth-order valence-electron chi connectivity index (χ4n) is 1.50. The van der Waals surface area contributed by atoms with E-state index >= 15 is 0 Å². The molecule has 1 aromatic rings. The summed E-state index contributed by atoms with van der Waals surface area (Å²) in [7, 11) is 3.14. The topological polar surface area (TPSA) is 72.3 Å². The molecule has 0 heterocycles. The van der Waals surface area contributed by atoms with Crippen molar-refractivity contribution in [3.05, 3.63) is 17.7 Å². The lowest BCUT2D eigenvalue weighted by Crippen LogP contribution is -2.11. The highest BCUT2D eigenvalue weighted by Crippen LogP contribution is 2.38. The lowest BCUT2D eigenvalue weighted by molar-refractivity contribution is 0.288. The van der Waals surface area contributed by atoms with E-state index in [1.165, 1.54) is 0 Å². The highest BCUT2D eigenvalue weighted by Gasteiger charge is 2.12. The second kappa shape index (κ2) is 8.20. The van der Waals surface area contributed by atoms with E-state index in [2.05, 4.69) is 10.5 Å². The molecule has 0 unspecified atom stereocenters. The number of methoxy groups -OCH3 is 2. The highest BCUT2D eigenvalue weighted by atomic mass is 16.5. The maximum Gasteiger partial charge on any atom is 0.203 e. The van der Waals surface area contributed by atoms with Gasteiger partial charge < -0.3 is 24.7 Å². The van der Waals surface area contributed by atoms with Gasteiger partial charge in [-0.2, -0.15) is 5.10 Å². The van der Waals surface area contributed by atoms with Crippen LogP contribution in [0.3, 0.4) is 0 Å². The summed E-state index contributed by atoms with van der Waals surface area (Å²) in [6.45, 7) is 2.86. The second-order valence-electron chi connectivity index (χ2n) is 3.58. The molecule has 0 saturated carbocycles. The first-order valence-corrected chi connectivity index (χ1v) is 6.02. The number of benzene rings is 1. The smallest absolute Gasteiger partial charge is 0.203 e. The molecule has 6 nitrogen and oxygen atoms in total. The van der Waals surface area contributed by atoms with E-state index in [9.17, 15) is 0 Å². The minimum Gasteiger partial charge on any atom is -0.493 e. The van der Waals surface area contributed by atoms with Crippen molar-refractivity contribution in [3.63, 3.8) is 0 Å². The Hall–Kier alpha value is -1.95. The molecule has 0 fully saturated rings. The number of nitrogens with zero attached hydrogens (tertiary/aromatic N) is 1. The second-order valence-corrected chi connectivity index (χ2v) is 3.58. The van der Waals surface area contributed by atoms with Gasteiger partial charge in [0.1, 0.15) is 0 Å². The van der Waals surface area contributed by atoms with Gasteiger partial charge in [0.25, 0.3) is 0 Å². The molecule has 0 aliphatic heterocycles. The van der Waals surface area contributed by atoms with Gasteiger partial charge in [-0.15, -0.1) is 0 Å². The van der Waals surface area contributed by atoms with Crippen LogP contribution in [0.1, 0.15) is 12.5 Å². The van der Waals surface area contributed by atoms with Gasteiger partial charge in [-0.05, 0) is 19.1 Å². The standard InChI is InChI=1S/C13H20N2O4/c1-4-19-13-11(17-2)7-10(8-12(13)18-3)9-15-14-5-6-16/h7-9,14,16H,4-6H2,1-3H3. The molecular weight excluding hydrogens is 248 g/mol. The van der Waals surface area contributed by atoms with Gasteiger partial charge >= 0.3 is 0 Å². The molecule has 0 radical (unpaired) electrons. The first-order chi connectivity index (χ1) is 9.26. The normalized spacial score (nSPS) is 10.5. The summed E-state index contributed by atoms with van der Waals surface area (Å²) in [5.41, 5.74) is 3.51. The number of ether oxygens (including phenoxy) is 3. The zero-order valence-electron chi connectivity index (χ0n) is 11.5. The van der Waals surface area contributed by atoms with E-state index in [0.29, 0.717) is 30.4 Å². The Morgan fingerprint density at radius 3 is 2.37 bits per heavy atom. The average molecular weight is 268 g/mol. The van der Waals surface area contributed by atoms with Crippen LogP contribution in [-0.2, 0) is 0 Å². The first-order valence-electron chi connectivity index (χ1n) is 6.02. The van der Waals surface area contributed by atoms with Gasteiger partial charge in [-0.3, -0.25) is 0 Å². The zero-order chi connectivity index (χ0) is 14.1. The first kappa shape index (κ1) is 15.1. The largest absolute Gasteiger partial charge is 0.493 e. The van der Waals surface area contributed by atoms with E-state index < -0.39 is 0 Å². The van der Waals surface area contributed by atoms with E-state index in [-0.39, 0.29) is 6.61 Å². The molecule has 0 aliphatic carbocycles. The molecule has 0 aliphatic rings. The molecule has 2 N–H and O–H groups in total. The molecule has 19 heavy (non-hydrogen) atoms. The fourth-order valence-corrected chi connectivity index (χ4v) is 1.50. The number of hydrazone groups is 1. The Balaban J connectivity index is 2.98. The molecule has 1 aromatic carbocycles. The van der Waals surface area contributed by atoms with Crippen LogP contribution in [-0.4, -0.2) is 45.3 Å². The van der Waals surface area contributed by atoms with Crippen molar-refractivity contribution in [2.75, 3.05) is 34.0 Å². The molecule has 0 aromatic heterocycles. The minimum absolute atomic E-state index is 0.0350. The van der Waals surface area contributed by atoms with E-state index in [0.717, 1.165) is 5.56 Å². The lowest BCUT2D eigenvalue weighted by atomic mass is 10.2. The summed E-state index contributed by atoms with van der Waals surface area (Å²) < 4.78 is 16.1. The Bertz CT molecular complexity index is 396. The van der Waals surface area contributed by atoms with Crippen LogP contribution in [0.5, 0.6) is 17.2 Å². The summed E-state index contributed by atoms with van der Waals surface area (Å²) >= 11 is 0. The molecule has 0 amide bonds. The maximum absolute atomic E-state index is 8.63. The van der Waals surface area contributed by atoms with E-state index in [1.807, 2.05) is 6.92 Å². The van der Waals surface area contributed by atoms with Crippen LogP contribution < -0.4 is 19.6 Å². The number of rotatable bonds is 8. The van der Waals surface area contributed by atoms with Crippen molar-refractivity contribution in [2.45, 2.75) is 6.92 Å². The van der Waals surface area contributed by atoms with Crippen molar-refractivity contribution < 1.29 is 19.3 Å². The predicted octanol–water partition coefficient (Wildman–Crippen LogP) is 1.02. The number of hydrogen-bond acceptors (Lipinski definition) is 6. The zero-order valence-corrected chi connectivity index (χ0v) is 11.5. The van der Waals surface area contributed by atoms with Gasteiger partial charge in [-0.1, -0.05) is 0 Å². The summed E-state index contributed by atoms with van der Waals surface area (Å²) in [5.74, 6) is 1.75. The predicted molar refractivity (Wildman–Crippen MR) is 73.4 cm³/mol. The van der Waals surface area contributed by atoms with Crippen molar-refractivity contribution >= 4 is 6.21 Å². The maximum atomic E-state index is 8.63. The minimum atomic E-state index is 0.0350. The summed E-state index contributed by atoms with van der Waals surface area (Å²) in [5, 5.41) is 12.6. The van der Waals surface area contributed by atoms with Crippen LogP contribution in [0.2, 0.25) is 0 Å². The SMILES string of the molecule is CCOc1c(OC)cc(C=NNCCO)cc1OC. The molecule has 0 spiro atoms. The van der Waals surface area contributed by atoms with Crippen LogP contribution in [0.25, 0.3) is 0 Å². The number of aliphatic hydroxyl groups is 1. The molecule has 106 valence electrons. The third-order valence-electron chi connectivity index (χ3n) is 2.30. The van der Waals surface area contributed by atoms with Gasteiger partial charge in [0.2, 0.25) is 5.75 Å². The van der Waals surface area contributed by atoms with Crippen LogP contribution in [0.15, 0.2) is 17.2 Å².